The Kier molecular flexibility index (Phi) is 6.33. The summed E-state index contributed by atoms with van der Waals surface area (Å²) < 4.78 is 251. The lowest BCUT2D eigenvalue weighted by Gasteiger charge is -2.45. The van der Waals surface area contributed by atoms with Gasteiger partial charge in [0.2, 0.25) is 0 Å². The number of ether oxygens (including phenoxy) is 1. The molecule has 1 aliphatic rings. The van der Waals surface area contributed by atoms with Crippen molar-refractivity contribution in [1.82, 2.24) is 0 Å². The SMILES string of the molecule is FC(F)(F)C(F)(C(F)(F)F)C(F)(F)C(F)(F)C(F)(F)C(F)(F)C(F)(F)C(F)(F)CC1CO1. The zero-order valence-corrected chi connectivity index (χ0v) is 14.1. The van der Waals surface area contributed by atoms with Crippen LogP contribution in [0, 0.1) is 0 Å². The second-order valence-corrected chi connectivity index (χ2v) is 6.39. The lowest BCUT2D eigenvalue weighted by Crippen LogP contribution is -2.77. The van der Waals surface area contributed by atoms with E-state index in [4.69, 9.17) is 0 Å². The molecule has 1 saturated heterocycles. The van der Waals surface area contributed by atoms with Crippen LogP contribution in [-0.2, 0) is 4.74 Å². The fraction of sp³-hybridized carbons (Fsp3) is 1.00. The molecule has 0 amide bonds. The summed E-state index contributed by atoms with van der Waals surface area (Å²) in [7, 11) is 0. The highest BCUT2D eigenvalue weighted by molar-refractivity contribution is 5.19. The molecule has 1 fully saturated rings. The molecule has 0 spiro atoms. The summed E-state index contributed by atoms with van der Waals surface area (Å²) in [6.45, 7) is -0.872. The zero-order valence-electron chi connectivity index (χ0n) is 14.1. The molecule has 0 bridgehead atoms. The summed E-state index contributed by atoms with van der Waals surface area (Å²) in [6, 6.07) is 0. The molecule has 0 aromatic rings. The first kappa shape index (κ1) is 28.7. The van der Waals surface area contributed by atoms with Crippen molar-refractivity contribution in [3.8, 4) is 0 Å². The minimum Gasteiger partial charge on any atom is -0.373 e. The van der Waals surface area contributed by atoms with Crippen molar-refractivity contribution in [3.05, 3.63) is 0 Å². The number of alkyl halides is 19. The molecule has 1 rings (SSSR count). The second kappa shape index (κ2) is 7.07. The van der Waals surface area contributed by atoms with Crippen LogP contribution in [-0.4, -0.2) is 66.3 Å². The Morgan fingerprint density at radius 2 is 0.750 bits per heavy atom. The van der Waals surface area contributed by atoms with Crippen molar-refractivity contribution in [3.63, 3.8) is 0 Å². The number of hydrogen-bond acceptors (Lipinski definition) is 1. The molecule has 0 aromatic heterocycles. The molecule has 0 radical (unpaired) electrons. The van der Waals surface area contributed by atoms with Gasteiger partial charge in [-0.1, -0.05) is 0 Å². The normalized spacial score (nSPS) is 20.5. The topological polar surface area (TPSA) is 12.5 Å². The minimum absolute atomic E-state index is 0.872. The predicted molar refractivity (Wildman–Crippen MR) is 60.0 cm³/mol. The largest absolute Gasteiger partial charge is 0.438 e. The van der Waals surface area contributed by atoms with E-state index in [9.17, 15) is 83.4 Å². The smallest absolute Gasteiger partial charge is 0.373 e. The summed E-state index contributed by atoms with van der Waals surface area (Å²) in [5.41, 5.74) is -8.71. The number of halogens is 19. The first-order chi connectivity index (χ1) is 13.6. The van der Waals surface area contributed by atoms with Crippen LogP contribution >= 0.6 is 0 Å². The molecule has 1 aliphatic heterocycles. The van der Waals surface area contributed by atoms with Crippen molar-refractivity contribution in [2.24, 2.45) is 0 Å². The van der Waals surface area contributed by atoms with Gasteiger partial charge in [0, 0.05) is 6.42 Å². The van der Waals surface area contributed by atoms with Crippen LogP contribution in [0.5, 0.6) is 0 Å². The maximum atomic E-state index is 13.4. The summed E-state index contributed by atoms with van der Waals surface area (Å²) >= 11 is 0. The second-order valence-electron chi connectivity index (χ2n) is 6.39. The lowest BCUT2D eigenvalue weighted by molar-refractivity contribution is -0.472. The van der Waals surface area contributed by atoms with Gasteiger partial charge in [0.25, 0.3) is 0 Å². The summed E-state index contributed by atoms with van der Waals surface area (Å²) in [6.07, 6.45) is -21.2. The Labute approximate surface area is 162 Å². The van der Waals surface area contributed by atoms with Crippen molar-refractivity contribution in [2.75, 3.05) is 6.61 Å². The van der Waals surface area contributed by atoms with Crippen molar-refractivity contribution in [2.45, 2.75) is 66.1 Å². The van der Waals surface area contributed by atoms with Gasteiger partial charge in [0.15, 0.2) is 0 Å². The van der Waals surface area contributed by atoms with E-state index in [2.05, 4.69) is 4.74 Å². The Bertz CT molecular complexity index is 682. The van der Waals surface area contributed by atoms with Crippen LogP contribution in [0.15, 0.2) is 0 Å². The molecule has 1 nitrogen and oxygen atoms in total. The van der Waals surface area contributed by atoms with Gasteiger partial charge in [-0.2, -0.15) is 79.0 Å². The van der Waals surface area contributed by atoms with Crippen LogP contribution in [0.1, 0.15) is 6.42 Å². The van der Waals surface area contributed by atoms with Gasteiger partial charge < -0.3 is 4.74 Å². The zero-order chi connectivity index (χ0) is 26.2. The molecule has 32 heavy (non-hydrogen) atoms. The van der Waals surface area contributed by atoms with Crippen LogP contribution in [0.3, 0.4) is 0 Å². The molecule has 1 atom stereocenters. The van der Waals surface area contributed by atoms with E-state index in [1.165, 1.54) is 0 Å². The summed E-state index contributed by atoms with van der Waals surface area (Å²) in [5, 5.41) is 0. The molecular weight excluding hydrogens is 521 g/mol. The van der Waals surface area contributed by atoms with Crippen LogP contribution in [0.25, 0.3) is 0 Å². The Hall–Kier alpha value is -1.37. The molecule has 192 valence electrons. The van der Waals surface area contributed by atoms with Crippen LogP contribution in [0.4, 0.5) is 83.4 Å². The quantitative estimate of drug-likeness (QED) is 0.263. The maximum Gasteiger partial charge on any atom is 0.438 e. The molecule has 1 unspecified atom stereocenters. The predicted octanol–water partition coefficient (Wildman–Crippen LogP) is 6.42. The van der Waals surface area contributed by atoms with Gasteiger partial charge in [-0.05, 0) is 0 Å². The standard InChI is InChI=1S/C12H5F19O/c13-4(14,1-3-2-32-3)6(16,17)8(20,21)10(24,25)9(22,23)7(18,19)5(15,11(26,27)28)12(29,30)31/h3H,1-2H2. The fourth-order valence-electron chi connectivity index (χ4n) is 2.15. The molecule has 1 heterocycles. The van der Waals surface area contributed by atoms with E-state index < -0.39 is 72.7 Å². The molecule has 0 aliphatic carbocycles. The van der Waals surface area contributed by atoms with Crippen LogP contribution < -0.4 is 0 Å². The van der Waals surface area contributed by atoms with Crippen molar-refractivity contribution in [1.29, 1.82) is 0 Å². The van der Waals surface area contributed by atoms with Gasteiger partial charge in [-0.3, -0.25) is 0 Å². The fourth-order valence-corrected chi connectivity index (χ4v) is 2.15. The average Bonchev–Trinajstić information content (AvgIpc) is 3.33. The van der Waals surface area contributed by atoms with Crippen LogP contribution in [0.2, 0.25) is 0 Å². The highest BCUT2D eigenvalue weighted by Crippen LogP contribution is 2.66. The first-order valence-corrected chi connectivity index (χ1v) is 7.29. The van der Waals surface area contributed by atoms with E-state index in [1.807, 2.05) is 0 Å². The monoisotopic (exact) mass is 526 g/mol. The Morgan fingerprint density at radius 3 is 1.03 bits per heavy atom. The third-order valence-corrected chi connectivity index (χ3v) is 4.14. The van der Waals surface area contributed by atoms with E-state index in [0.29, 0.717) is 0 Å². The highest BCUT2D eigenvalue weighted by Gasteiger charge is 2.98. The summed E-state index contributed by atoms with van der Waals surface area (Å²) in [5.74, 6) is -49.5. The van der Waals surface area contributed by atoms with E-state index in [-0.39, 0.29) is 0 Å². The third kappa shape index (κ3) is 3.54. The Morgan fingerprint density at radius 1 is 0.469 bits per heavy atom. The van der Waals surface area contributed by atoms with Gasteiger partial charge >= 0.3 is 53.6 Å². The van der Waals surface area contributed by atoms with Gasteiger partial charge in [-0.25, -0.2) is 4.39 Å². The molecule has 0 saturated carbocycles. The first-order valence-electron chi connectivity index (χ1n) is 7.29. The van der Waals surface area contributed by atoms with E-state index in [0.717, 1.165) is 0 Å². The lowest BCUT2D eigenvalue weighted by atomic mass is 9.83. The molecule has 0 aromatic carbocycles. The maximum absolute atomic E-state index is 13.4. The minimum atomic E-state index is -8.98. The molecule has 0 N–H and O–H groups in total. The molecular formula is C12H5F19O. The number of epoxide rings is 1. The molecule has 20 heteroatoms. The highest BCUT2D eigenvalue weighted by atomic mass is 19.4. The average molecular weight is 526 g/mol. The van der Waals surface area contributed by atoms with Crippen molar-refractivity contribution >= 4 is 0 Å². The summed E-state index contributed by atoms with van der Waals surface area (Å²) in [4.78, 5) is 0. The van der Waals surface area contributed by atoms with Gasteiger partial charge in [0.1, 0.15) is 0 Å². The van der Waals surface area contributed by atoms with E-state index in [1.54, 1.807) is 0 Å². The van der Waals surface area contributed by atoms with E-state index >= 15 is 0 Å². The third-order valence-electron chi connectivity index (χ3n) is 4.14. The number of hydrogen-bond donors (Lipinski definition) is 0. The number of rotatable bonds is 8. The van der Waals surface area contributed by atoms with Gasteiger partial charge in [0.05, 0.1) is 12.7 Å². The van der Waals surface area contributed by atoms with Crippen molar-refractivity contribution < 1.29 is 88.2 Å². The van der Waals surface area contributed by atoms with Gasteiger partial charge in [-0.15, -0.1) is 0 Å². The Balaban J connectivity index is 3.71.